The Bertz CT molecular complexity index is 997. The molecule has 1 atom stereocenters. The van der Waals surface area contributed by atoms with E-state index in [1.54, 1.807) is 0 Å². The third-order valence-corrected chi connectivity index (χ3v) is 10.4. The van der Waals surface area contributed by atoms with E-state index in [4.69, 9.17) is 11.6 Å². The van der Waals surface area contributed by atoms with Crippen molar-refractivity contribution in [3.05, 3.63) is 58.1 Å². The van der Waals surface area contributed by atoms with Crippen LogP contribution >= 0.6 is 11.6 Å². The average Bonchev–Trinajstić information content (AvgIpc) is 3.34. The number of aryl methyl sites for hydroxylation is 1. The summed E-state index contributed by atoms with van der Waals surface area (Å²) in [6, 6.07) is 13.0. The molecule has 0 amide bonds. The highest BCUT2D eigenvalue weighted by Crippen LogP contribution is 2.45. The molecule has 0 aliphatic heterocycles. The van der Waals surface area contributed by atoms with Gasteiger partial charge in [0.2, 0.25) is 0 Å². The minimum Gasteiger partial charge on any atom is -0.395 e. The van der Waals surface area contributed by atoms with E-state index in [1.165, 1.54) is 195 Å². The van der Waals surface area contributed by atoms with E-state index in [-0.39, 0.29) is 12.5 Å². The van der Waals surface area contributed by atoms with Gasteiger partial charge in [0.1, 0.15) is 0 Å². The van der Waals surface area contributed by atoms with Crippen LogP contribution in [0.3, 0.4) is 0 Å². The highest BCUT2D eigenvalue weighted by Gasteiger charge is 2.28. The standard InChI is InChI=1S/C42H67ClO/c1-2-3-4-5-6-7-8-9-10-11-12-13-14-15-16-17-18-19-20-21-22-23-24-25-26-27-28-36-29-31-38-39-32-30-37(43)34-41(39)42(35-44)40(38)33-36/h29-34,42,44H,2-28,35H2,1H3. The van der Waals surface area contributed by atoms with E-state index in [0.717, 1.165) is 11.4 Å². The van der Waals surface area contributed by atoms with E-state index in [0.29, 0.717) is 0 Å². The maximum absolute atomic E-state index is 10.1. The monoisotopic (exact) mass is 622 g/mol. The lowest BCUT2D eigenvalue weighted by Gasteiger charge is -2.11. The number of unbranched alkanes of at least 4 members (excludes halogenated alkanes) is 25. The molecular formula is C42H67ClO. The molecule has 0 saturated carbocycles. The quantitative estimate of drug-likeness (QED) is 0.0936. The molecular weight excluding hydrogens is 556 g/mol. The van der Waals surface area contributed by atoms with Gasteiger partial charge < -0.3 is 5.11 Å². The number of benzene rings is 2. The van der Waals surface area contributed by atoms with Crippen molar-refractivity contribution >= 4 is 11.6 Å². The molecule has 0 saturated heterocycles. The van der Waals surface area contributed by atoms with Crippen LogP contribution in [0, 0.1) is 0 Å². The molecule has 44 heavy (non-hydrogen) atoms. The third-order valence-electron chi connectivity index (χ3n) is 10.2. The van der Waals surface area contributed by atoms with Crippen LogP contribution in [0.25, 0.3) is 11.1 Å². The molecule has 0 radical (unpaired) electrons. The third kappa shape index (κ3) is 14.4. The lowest BCUT2D eigenvalue weighted by molar-refractivity contribution is 0.282. The molecule has 248 valence electrons. The molecule has 0 fully saturated rings. The van der Waals surface area contributed by atoms with Crippen molar-refractivity contribution in [2.24, 2.45) is 0 Å². The summed E-state index contributed by atoms with van der Waals surface area (Å²) in [6.07, 6.45) is 38.5. The summed E-state index contributed by atoms with van der Waals surface area (Å²) in [7, 11) is 0. The topological polar surface area (TPSA) is 20.2 Å². The first-order valence-corrected chi connectivity index (χ1v) is 19.7. The summed E-state index contributed by atoms with van der Waals surface area (Å²) in [5, 5.41) is 10.8. The zero-order chi connectivity index (χ0) is 31.1. The molecule has 3 rings (SSSR count). The number of aliphatic hydroxyl groups is 1. The highest BCUT2D eigenvalue weighted by atomic mass is 35.5. The second-order valence-corrected chi connectivity index (χ2v) is 14.4. The van der Waals surface area contributed by atoms with Gasteiger partial charge in [-0.3, -0.25) is 0 Å². The number of halogens is 1. The number of aliphatic hydroxyl groups excluding tert-OH is 1. The number of fused-ring (bicyclic) bond motifs is 3. The smallest absolute Gasteiger partial charge is 0.0540 e. The van der Waals surface area contributed by atoms with Crippen LogP contribution in [0.4, 0.5) is 0 Å². The fourth-order valence-electron chi connectivity index (χ4n) is 7.38. The van der Waals surface area contributed by atoms with Crippen LogP contribution < -0.4 is 0 Å². The van der Waals surface area contributed by atoms with Gasteiger partial charge in [-0.25, -0.2) is 0 Å². The van der Waals surface area contributed by atoms with E-state index in [1.807, 2.05) is 12.1 Å². The Labute approximate surface area is 278 Å². The molecule has 0 spiro atoms. The fraction of sp³-hybridized carbons (Fsp3) is 0.714. The summed E-state index contributed by atoms with van der Waals surface area (Å²) in [4.78, 5) is 0. The largest absolute Gasteiger partial charge is 0.395 e. The number of hydrogen-bond donors (Lipinski definition) is 1. The van der Waals surface area contributed by atoms with Gasteiger partial charge in [-0.05, 0) is 52.8 Å². The predicted octanol–water partition coefficient (Wildman–Crippen LogP) is 14.1. The summed E-state index contributed by atoms with van der Waals surface area (Å²) < 4.78 is 0. The Kier molecular flexibility index (Phi) is 20.2. The Morgan fingerprint density at radius 2 is 0.841 bits per heavy atom. The van der Waals surface area contributed by atoms with Crippen molar-refractivity contribution in [3.63, 3.8) is 0 Å². The lowest BCUT2D eigenvalue weighted by atomic mass is 9.95. The van der Waals surface area contributed by atoms with Crippen molar-refractivity contribution in [1.29, 1.82) is 0 Å². The lowest BCUT2D eigenvalue weighted by Crippen LogP contribution is -2.02. The van der Waals surface area contributed by atoms with Crippen molar-refractivity contribution in [1.82, 2.24) is 0 Å². The van der Waals surface area contributed by atoms with Crippen LogP contribution in [-0.4, -0.2) is 11.7 Å². The van der Waals surface area contributed by atoms with E-state index >= 15 is 0 Å². The number of rotatable bonds is 28. The van der Waals surface area contributed by atoms with Gasteiger partial charge in [0, 0.05) is 10.9 Å². The molecule has 0 bridgehead atoms. The molecule has 2 heteroatoms. The Morgan fingerprint density at radius 1 is 0.477 bits per heavy atom. The summed E-state index contributed by atoms with van der Waals surface area (Å²) in [6.45, 7) is 2.45. The van der Waals surface area contributed by atoms with Crippen molar-refractivity contribution in [2.75, 3.05) is 6.61 Å². The minimum atomic E-state index is 0.0626. The first-order valence-electron chi connectivity index (χ1n) is 19.3. The van der Waals surface area contributed by atoms with E-state index < -0.39 is 0 Å². The maximum Gasteiger partial charge on any atom is 0.0540 e. The van der Waals surface area contributed by atoms with Crippen molar-refractivity contribution < 1.29 is 5.11 Å². The normalized spacial score (nSPS) is 13.8. The Balaban J connectivity index is 1.04. The molecule has 1 nitrogen and oxygen atoms in total. The van der Waals surface area contributed by atoms with E-state index in [2.05, 4.69) is 31.2 Å². The molecule has 2 aromatic rings. The molecule has 1 aliphatic carbocycles. The average molecular weight is 623 g/mol. The predicted molar refractivity (Wildman–Crippen MR) is 195 cm³/mol. The Morgan fingerprint density at radius 3 is 1.25 bits per heavy atom. The molecule has 1 aliphatic rings. The molecule has 1 unspecified atom stereocenters. The summed E-state index contributed by atoms with van der Waals surface area (Å²) in [5.41, 5.74) is 6.36. The second-order valence-electron chi connectivity index (χ2n) is 14.0. The molecule has 0 heterocycles. The van der Waals surface area contributed by atoms with Gasteiger partial charge in [-0.15, -0.1) is 0 Å². The first kappa shape index (κ1) is 37.2. The SMILES string of the molecule is CCCCCCCCCCCCCCCCCCCCCCCCCCCCc1ccc2c(c1)C(CO)c1cc(Cl)ccc1-2. The summed E-state index contributed by atoms with van der Waals surface area (Å²) >= 11 is 6.25. The molecule has 1 N–H and O–H groups in total. The van der Waals surface area contributed by atoms with Crippen molar-refractivity contribution in [2.45, 2.75) is 186 Å². The fourth-order valence-corrected chi connectivity index (χ4v) is 7.56. The van der Waals surface area contributed by atoms with E-state index in [9.17, 15) is 5.11 Å². The maximum atomic E-state index is 10.1. The number of hydrogen-bond acceptors (Lipinski definition) is 1. The van der Waals surface area contributed by atoms with Gasteiger partial charge in [-0.1, -0.05) is 203 Å². The van der Waals surface area contributed by atoms with Gasteiger partial charge >= 0.3 is 0 Å². The Hall–Kier alpha value is -1.31. The van der Waals surface area contributed by atoms with Crippen LogP contribution in [0.2, 0.25) is 5.02 Å². The van der Waals surface area contributed by atoms with Gasteiger partial charge in [0.05, 0.1) is 6.61 Å². The zero-order valence-corrected chi connectivity index (χ0v) is 29.4. The highest BCUT2D eigenvalue weighted by molar-refractivity contribution is 6.30. The van der Waals surface area contributed by atoms with Gasteiger partial charge in [0.15, 0.2) is 0 Å². The second kappa shape index (κ2) is 23.9. The minimum absolute atomic E-state index is 0.0626. The first-order chi connectivity index (χ1) is 21.7. The van der Waals surface area contributed by atoms with Crippen LogP contribution in [0.1, 0.15) is 196 Å². The molecule has 0 aromatic heterocycles. The van der Waals surface area contributed by atoms with Gasteiger partial charge in [-0.2, -0.15) is 0 Å². The van der Waals surface area contributed by atoms with Crippen LogP contribution in [-0.2, 0) is 6.42 Å². The van der Waals surface area contributed by atoms with Gasteiger partial charge in [0.25, 0.3) is 0 Å². The van der Waals surface area contributed by atoms with Crippen LogP contribution in [0.5, 0.6) is 0 Å². The van der Waals surface area contributed by atoms with Crippen molar-refractivity contribution in [3.8, 4) is 11.1 Å². The zero-order valence-electron chi connectivity index (χ0n) is 28.7. The summed E-state index contributed by atoms with van der Waals surface area (Å²) in [5.74, 6) is 0.0626. The molecule has 2 aromatic carbocycles. The van der Waals surface area contributed by atoms with Crippen LogP contribution in [0.15, 0.2) is 36.4 Å².